The molecule has 0 amide bonds. The van der Waals surface area contributed by atoms with Crippen LogP contribution in [0.1, 0.15) is 18.1 Å². The molecule has 0 heterocycles. The average Bonchev–Trinajstić information content (AvgIpc) is 2.20. The van der Waals surface area contributed by atoms with Gasteiger partial charge in [-0.3, -0.25) is 4.79 Å². The average molecular weight is 337 g/mol. The molecule has 0 radical (unpaired) electrons. The molecular weight excluding hydrogens is 324 g/mol. The van der Waals surface area contributed by atoms with Gasteiger partial charge in [-0.1, -0.05) is 12.1 Å². The van der Waals surface area contributed by atoms with Crippen LogP contribution in [-0.4, -0.2) is 16.6 Å². The number of hydrogen-bond donors (Lipinski definition) is 2. The highest BCUT2D eigenvalue weighted by Gasteiger charge is 2.28. The van der Waals surface area contributed by atoms with Crippen molar-refractivity contribution in [1.82, 2.24) is 0 Å². The minimum absolute atomic E-state index is 0.229. The topological polar surface area (TPSA) is 63.3 Å². The lowest BCUT2D eigenvalue weighted by molar-refractivity contribution is -0.142. The Hall–Kier alpha value is -0.690. The largest absolute Gasteiger partial charge is 0.480 e. The summed E-state index contributed by atoms with van der Waals surface area (Å²) in [5, 5.41) is 8.91. The fraction of sp³-hybridized carbons (Fsp3) is 0.364. The van der Waals surface area contributed by atoms with E-state index in [0.717, 1.165) is 9.13 Å². The third-order valence-electron chi connectivity index (χ3n) is 2.32. The molecule has 1 rings (SSSR count). The number of hydrogen-bond acceptors (Lipinski definition) is 2. The molecule has 0 bridgehead atoms. The number of carboxylic acid groups (broad SMARTS) is 1. The van der Waals surface area contributed by atoms with E-state index >= 15 is 0 Å². The van der Waals surface area contributed by atoms with Crippen molar-refractivity contribution in [2.24, 2.45) is 5.73 Å². The molecule has 16 heavy (non-hydrogen) atoms. The van der Waals surface area contributed by atoms with Crippen LogP contribution in [0.25, 0.3) is 0 Å². The molecule has 1 aromatic rings. The van der Waals surface area contributed by atoms with Crippen LogP contribution in [0.2, 0.25) is 0 Å². The van der Waals surface area contributed by atoms with Crippen molar-refractivity contribution in [3.63, 3.8) is 0 Å². The van der Waals surface area contributed by atoms with Crippen LogP contribution < -0.4 is 5.73 Å². The van der Waals surface area contributed by atoms with Gasteiger partial charge in [0.15, 0.2) is 0 Å². The van der Waals surface area contributed by atoms with Gasteiger partial charge in [0.25, 0.3) is 0 Å². The summed E-state index contributed by atoms with van der Waals surface area (Å²) < 4.78 is 13.2. The van der Waals surface area contributed by atoms with E-state index in [4.69, 9.17) is 10.8 Å². The molecule has 0 spiro atoms. The Morgan fingerprint density at radius 3 is 2.69 bits per heavy atom. The predicted molar refractivity (Wildman–Crippen MR) is 67.9 cm³/mol. The van der Waals surface area contributed by atoms with Gasteiger partial charge in [0.1, 0.15) is 12.2 Å². The first kappa shape index (κ1) is 13.4. The number of carbonyl (C=O) groups is 1. The maximum atomic E-state index is 12.4. The van der Waals surface area contributed by atoms with E-state index in [-0.39, 0.29) is 6.42 Å². The lowest BCUT2D eigenvalue weighted by Crippen LogP contribution is -2.46. The molecule has 0 aliphatic carbocycles. The highest BCUT2D eigenvalue weighted by atomic mass is 127. The highest BCUT2D eigenvalue weighted by Crippen LogP contribution is 2.19. The summed E-state index contributed by atoms with van der Waals surface area (Å²) in [4.78, 5) is 10.9. The number of benzene rings is 1. The molecule has 1 atom stereocenters. The molecule has 0 aliphatic rings. The van der Waals surface area contributed by atoms with Gasteiger partial charge in [-0.15, -0.1) is 0 Å². The molecule has 0 saturated carbocycles. The van der Waals surface area contributed by atoms with E-state index in [1.165, 1.54) is 6.92 Å². The van der Waals surface area contributed by atoms with Crippen LogP contribution in [0.15, 0.2) is 18.2 Å². The third kappa shape index (κ3) is 3.15. The molecule has 0 saturated heterocycles. The molecule has 0 aliphatic heterocycles. The van der Waals surface area contributed by atoms with Crippen molar-refractivity contribution in [1.29, 1.82) is 0 Å². The van der Waals surface area contributed by atoms with Gasteiger partial charge in [0, 0.05) is 9.99 Å². The number of halogens is 2. The van der Waals surface area contributed by atoms with Gasteiger partial charge in [0.2, 0.25) is 0 Å². The minimum Gasteiger partial charge on any atom is -0.480 e. The van der Waals surface area contributed by atoms with Crippen molar-refractivity contribution >= 4 is 28.6 Å². The van der Waals surface area contributed by atoms with E-state index < -0.39 is 18.2 Å². The standard InChI is InChI=1S/C11H13FINO2/c1-11(14,10(15)16)5-8-3-2-7(6-12)4-9(8)13/h2-4H,5-6,14H2,1H3,(H,15,16)/t11-/m0/s1. The normalized spacial score (nSPS) is 14.5. The third-order valence-corrected chi connectivity index (χ3v) is 3.32. The van der Waals surface area contributed by atoms with Crippen LogP contribution in [0.4, 0.5) is 4.39 Å². The van der Waals surface area contributed by atoms with Crippen LogP contribution in [0, 0.1) is 3.57 Å². The SMILES string of the molecule is C[C@](N)(Cc1ccc(CF)cc1I)C(=O)O. The second-order valence-corrected chi connectivity index (χ2v) is 5.12. The predicted octanol–water partition coefficient (Wildman–Crippen LogP) is 2.11. The van der Waals surface area contributed by atoms with E-state index in [0.29, 0.717) is 5.56 Å². The number of aliphatic carboxylic acids is 1. The lowest BCUT2D eigenvalue weighted by Gasteiger charge is -2.20. The Morgan fingerprint density at radius 1 is 1.62 bits per heavy atom. The molecule has 1 aromatic carbocycles. The maximum absolute atomic E-state index is 12.4. The van der Waals surface area contributed by atoms with Crippen LogP contribution in [-0.2, 0) is 17.9 Å². The fourth-order valence-corrected chi connectivity index (χ4v) is 2.06. The van der Waals surface area contributed by atoms with Crippen LogP contribution in [0.3, 0.4) is 0 Å². The van der Waals surface area contributed by atoms with E-state index in [1.807, 2.05) is 0 Å². The first-order valence-corrected chi connectivity index (χ1v) is 5.80. The molecule has 0 unspecified atom stereocenters. The van der Waals surface area contributed by atoms with Crippen molar-refractivity contribution < 1.29 is 14.3 Å². The van der Waals surface area contributed by atoms with Crippen LogP contribution in [0.5, 0.6) is 0 Å². The molecule has 3 nitrogen and oxygen atoms in total. The van der Waals surface area contributed by atoms with Crippen molar-refractivity contribution in [2.45, 2.75) is 25.6 Å². The molecule has 3 N–H and O–H groups in total. The molecule has 0 fully saturated rings. The zero-order chi connectivity index (χ0) is 12.3. The summed E-state index contributed by atoms with van der Waals surface area (Å²) in [6.07, 6.45) is 0.229. The first-order chi connectivity index (χ1) is 7.36. The van der Waals surface area contributed by atoms with Gasteiger partial charge >= 0.3 is 5.97 Å². The van der Waals surface area contributed by atoms with Gasteiger partial charge in [0.05, 0.1) is 0 Å². The van der Waals surface area contributed by atoms with Crippen molar-refractivity contribution in [3.8, 4) is 0 Å². The zero-order valence-electron chi connectivity index (χ0n) is 8.84. The highest BCUT2D eigenvalue weighted by molar-refractivity contribution is 14.1. The lowest BCUT2D eigenvalue weighted by atomic mass is 9.94. The summed E-state index contributed by atoms with van der Waals surface area (Å²) in [6, 6.07) is 5.08. The quantitative estimate of drug-likeness (QED) is 0.827. The Morgan fingerprint density at radius 2 is 2.25 bits per heavy atom. The molecule has 88 valence electrons. The van der Waals surface area contributed by atoms with Crippen LogP contribution >= 0.6 is 22.6 Å². The molecule has 0 aromatic heterocycles. The summed E-state index contributed by atoms with van der Waals surface area (Å²) in [5.74, 6) is -1.04. The Bertz CT molecular complexity index is 407. The smallest absolute Gasteiger partial charge is 0.323 e. The summed E-state index contributed by atoms with van der Waals surface area (Å²) in [7, 11) is 0. The minimum atomic E-state index is -1.29. The molecular formula is C11H13FINO2. The van der Waals surface area contributed by atoms with E-state index in [9.17, 15) is 9.18 Å². The van der Waals surface area contributed by atoms with Gasteiger partial charge in [-0.25, -0.2) is 4.39 Å². The number of rotatable bonds is 4. The van der Waals surface area contributed by atoms with E-state index in [1.54, 1.807) is 18.2 Å². The Balaban J connectivity index is 2.94. The Kier molecular flexibility index (Phi) is 4.26. The number of alkyl halides is 1. The number of carboxylic acids is 1. The maximum Gasteiger partial charge on any atom is 0.323 e. The number of nitrogens with two attached hydrogens (primary N) is 1. The summed E-state index contributed by atoms with van der Waals surface area (Å²) >= 11 is 2.06. The Labute approximate surface area is 107 Å². The zero-order valence-corrected chi connectivity index (χ0v) is 11.0. The molecule has 5 heteroatoms. The van der Waals surface area contributed by atoms with Gasteiger partial charge in [-0.2, -0.15) is 0 Å². The summed E-state index contributed by atoms with van der Waals surface area (Å²) in [5.41, 5.74) is 5.77. The first-order valence-electron chi connectivity index (χ1n) is 4.72. The van der Waals surface area contributed by atoms with Crippen molar-refractivity contribution in [2.75, 3.05) is 0 Å². The van der Waals surface area contributed by atoms with E-state index in [2.05, 4.69) is 22.6 Å². The van der Waals surface area contributed by atoms with Crippen molar-refractivity contribution in [3.05, 3.63) is 32.9 Å². The summed E-state index contributed by atoms with van der Waals surface area (Å²) in [6.45, 7) is 0.948. The van der Waals surface area contributed by atoms with Gasteiger partial charge < -0.3 is 10.8 Å². The second kappa shape index (κ2) is 5.09. The fourth-order valence-electron chi connectivity index (χ4n) is 1.29. The van der Waals surface area contributed by atoms with Gasteiger partial charge in [-0.05, 0) is 46.7 Å². The second-order valence-electron chi connectivity index (χ2n) is 3.96. The monoisotopic (exact) mass is 337 g/mol.